The van der Waals surface area contributed by atoms with Crippen LogP contribution < -0.4 is 20.3 Å². The molecule has 3 N–H and O–H groups in total. The summed E-state index contributed by atoms with van der Waals surface area (Å²) in [5.74, 6) is 3.51. The Labute approximate surface area is 170 Å². The molecule has 0 unspecified atom stereocenters. The quantitative estimate of drug-likeness (QED) is 0.588. The van der Waals surface area contributed by atoms with E-state index in [2.05, 4.69) is 42.7 Å². The third-order valence-corrected chi connectivity index (χ3v) is 4.86. The summed E-state index contributed by atoms with van der Waals surface area (Å²) in [5.41, 5.74) is 1.79. The maximum Gasteiger partial charge on any atom is 0.231 e. The molecule has 1 saturated heterocycles. The Hall–Kier alpha value is -3.33. The second-order valence-corrected chi connectivity index (χ2v) is 7.11. The molecule has 0 atom stereocenters. The first-order chi connectivity index (χ1) is 14.1. The number of methoxy groups -OCH3 is 1. The number of hydrogen-bond donors (Lipinski definition) is 3. The fourth-order valence-electron chi connectivity index (χ4n) is 3.23. The molecular weight excluding hydrogens is 368 g/mol. The number of piperazine rings is 1. The van der Waals surface area contributed by atoms with E-state index in [0.717, 1.165) is 49.1 Å². The molecule has 0 aliphatic carbocycles. The molecular formula is C20H26N8O. The lowest BCUT2D eigenvalue weighted by Gasteiger charge is -2.33. The van der Waals surface area contributed by atoms with Crippen LogP contribution in [0.3, 0.4) is 0 Å². The van der Waals surface area contributed by atoms with E-state index in [-0.39, 0.29) is 0 Å². The third kappa shape index (κ3) is 4.57. The smallest absolute Gasteiger partial charge is 0.231 e. The molecule has 152 valence electrons. The van der Waals surface area contributed by atoms with Crippen LogP contribution in [0, 0.1) is 6.92 Å². The van der Waals surface area contributed by atoms with Gasteiger partial charge in [-0.2, -0.15) is 15.1 Å². The number of hydrogen-bond acceptors (Lipinski definition) is 8. The van der Waals surface area contributed by atoms with E-state index in [0.29, 0.717) is 17.6 Å². The molecule has 0 amide bonds. The molecule has 0 saturated carbocycles. The molecule has 1 aliphatic rings. The molecule has 2 aromatic heterocycles. The van der Waals surface area contributed by atoms with Crippen LogP contribution in [0.5, 0.6) is 5.75 Å². The minimum Gasteiger partial charge on any atom is -0.495 e. The standard InChI is InChI=1S/C20H26N8O/c1-14-12-18(26-25-14)22-17-13-19(28-10-8-27(2)9-11-28)24-20(23-17)21-15-6-4-5-7-16(15)29-3/h4-7,12-13H,8-11H2,1-3H3,(H3,21,22,23,24,25,26). The minimum absolute atomic E-state index is 0.501. The van der Waals surface area contributed by atoms with E-state index in [1.807, 2.05) is 43.3 Å². The van der Waals surface area contributed by atoms with E-state index in [1.165, 1.54) is 0 Å². The van der Waals surface area contributed by atoms with Gasteiger partial charge in [-0.15, -0.1) is 0 Å². The number of aromatic amines is 1. The van der Waals surface area contributed by atoms with E-state index >= 15 is 0 Å². The SMILES string of the molecule is COc1ccccc1Nc1nc(Nc2cc(C)[nH]n2)cc(N2CCN(C)CC2)n1. The molecule has 9 heteroatoms. The number of likely N-dealkylation sites (N-methyl/N-ethyl adjacent to an activating group) is 1. The Kier molecular flexibility index (Phi) is 5.48. The summed E-state index contributed by atoms with van der Waals surface area (Å²) < 4.78 is 5.44. The Morgan fingerprint density at radius 1 is 1.00 bits per heavy atom. The van der Waals surface area contributed by atoms with Gasteiger partial charge < -0.3 is 25.2 Å². The summed E-state index contributed by atoms with van der Waals surface area (Å²) in [6.45, 7) is 5.80. The van der Waals surface area contributed by atoms with E-state index in [1.54, 1.807) is 7.11 Å². The number of aromatic nitrogens is 4. The topological polar surface area (TPSA) is 94.2 Å². The predicted molar refractivity (Wildman–Crippen MR) is 115 cm³/mol. The first-order valence-electron chi connectivity index (χ1n) is 9.62. The van der Waals surface area contributed by atoms with Crippen molar-refractivity contribution in [2.45, 2.75) is 6.92 Å². The Bertz CT molecular complexity index is 965. The van der Waals surface area contributed by atoms with Gasteiger partial charge in [0, 0.05) is 44.0 Å². The van der Waals surface area contributed by atoms with Gasteiger partial charge >= 0.3 is 0 Å². The van der Waals surface area contributed by atoms with Gasteiger partial charge in [0.15, 0.2) is 5.82 Å². The van der Waals surface area contributed by atoms with E-state index in [4.69, 9.17) is 9.72 Å². The molecule has 3 heterocycles. The van der Waals surface area contributed by atoms with Gasteiger partial charge in [-0.05, 0) is 26.1 Å². The average Bonchev–Trinajstić information content (AvgIpc) is 3.13. The van der Waals surface area contributed by atoms with Crippen molar-refractivity contribution in [3.63, 3.8) is 0 Å². The molecule has 3 aromatic rings. The van der Waals surface area contributed by atoms with Crippen molar-refractivity contribution in [3.05, 3.63) is 42.1 Å². The van der Waals surface area contributed by atoms with Gasteiger partial charge in [-0.1, -0.05) is 12.1 Å². The summed E-state index contributed by atoms with van der Waals surface area (Å²) in [7, 11) is 3.79. The number of aryl methyl sites for hydroxylation is 1. The molecule has 29 heavy (non-hydrogen) atoms. The van der Waals surface area contributed by atoms with Crippen molar-refractivity contribution in [1.29, 1.82) is 0 Å². The number of nitrogens with zero attached hydrogens (tertiary/aromatic N) is 5. The first kappa shape index (κ1) is 19.0. The lowest BCUT2D eigenvalue weighted by Crippen LogP contribution is -2.44. The second-order valence-electron chi connectivity index (χ2n) is 7.11. The Balaban J connectivity index is 1.65. The largest absolute Gasteiger partial charge is 0.495 e. The molecule has 1 aliphatic heterocycles. The molecule has 1 aromatic carbocycles. The highest BCUT2D eigenvalue weighted by Crippen LogP contribution is 2.28. The van der Waals surface area contributed by atoms with Crippen LogP contribution in [0.4, 0.5) is 29.1 Å². The number of rotatable bonds is 6. The zero-order chi connectivity index (χ0) is 20.2. The summed E-state index contributed by atoms with van der Waals surface area (Å²) in [6.07, 6.45) is 0. The number of anilines is 5. The highest BCUT2D eigenvalue weighted by atomic mass is 16.5. The molecule has 4 rings (SSSR count). The monoisotopic (exact) mass is 394 g/mol. The van der Waals surface area contributed by atoms with Gasteiger partial charge in [0.1, 0.15) is 17.4 Å². The fourth-order valence-corrected chi connectivity index (χ4v) is 3.23. The Morgan fingerprint density at radius 3 is 2.52 bits per heavy atom. The van der Waals surface area contributed by atoms with Crippen LogP contribution >= 0.6 is 0 Å². The normalized spacial score (nSPS) is 14.7. The summed E-state index contributed by atoms with van der Waals surface area (Å²) in [5, 5.41) is 13.7. The van der Waals surface area contributed by atoms with Crippen LogP contribution in [0.15, 0.2) is 36.4 Å². The van der Waals surface area contributed by atoms with Crippen LogP contribution in [0.2, 0.25) is 0 Å². The van der Waals surface area contributed by atoms with Crippen molar-refractivity contribution in [1.82, 2.24) is 25.1 Å². The molecule has 0 radical (unpaired) electrons. The lowest BCUT2D eigenvalue weighted by molar-refractivity contribution is 0.312. The number of para-hydroxylation sites is 2. The van der Waals surface area contributed by atoms with Crippen molar-refractivity contribution in [2.24, 2.45) is 0 Å². The maximum atomic E-state index is 5.44. The average molecular weight is 394 g/mol. The third-order valence-electron chi connectivity index (χ3n) is 4.86. The number of H-pyrrole nitrogens is 1. The highest BCUT2D eigenvalue weighted by Gasteiger charge is 2.18. The minimum atomic E-state index is 0.501. The number of benzene rings is 1. The zero-order valence-electron chi connectivity index (χ0n) is 16.9. The predicted octanol–water partition coefficient (Wildman–Crippen LogP) is 2.76. The maximum absolute atomic E-state index is 5.44. The first-order valence-corrected chi connectivity index (χ1v) is 9.62. The van der Waals surface area contributed by atoms with E-state index < -0.39 is 0 Å². The summed E-state index contributed by atoms with van der Waals surface area (Å²) >= 11 is 0. The molecule has 0 bridgehead atoms. The van der Waals surface area contributed by atoms with Crippen LogP contribution in [-0.2, 0) is 0 Å². The van der Waals surface area contributed by atoms with Crippen molar-refractivity contribution >= 4 is 29.1 Å². The van der Waals surface area contributed by atoms with Gasteiger partial charge in [0.2, 0.25) is 5.95 Å². The summed E-state index contributed by atoms with van der Waals surface area (Å²) in [4.78, 5) is 14.0. The van der Waals surface area contributed by atoms with Crippen molar-refractivity contribution < 1.29 is 4.74 Å². The molecule has 1 fully saturated rings. The summed E-state index contributed by atoms with van der Waals surface area (Å²) in [6, 6.07) is 11.6. The number of nitrogens with one attached hydrogen (secondary N) is 3. The fraction of sp³-hybridized carbons (Fsp3) is 0.350. The lowest BCUT2D eigenvalue weighted by atomic mass is 10.3. The Morgan fingerprint density at radius 2 is 1.79 bits per heavy atom. The van der Waals surface area contributed by atoms with E-state index in [9.17, 15) is 0 Å². The number of ether oxygens (including phenoxy) is 1. The molecule has 0 spiro atoms. The van der Waals surface area contributed by atoms with Crippen LogP contribution in [0.25, 0.3) is 0 Å². The van der Waals surface area contributed by atoms with Crippen molar-refractivity contribution in [3.8, 4) is 5.75 Å². The van der Waals surface area contributed by atoms with Crippen LogP contribution in [0.1, 0.15) is 5.69 Å². The van der Waals surface area contributed by atoms with Gasteiger partial charge in [-0.25, -0.2) is 0 Å². The zero-order valence-corrected chi connectivity index (χ0v) is 16.9. The van der Waals surface area contributed by atoms with Gasteiger partial charge in [0.05, 0.1) is 12.8 Å². The van der Waals surface area contributed by atoms with Crippen LogP contribution in [-0.4, -0.2) is 65.4 Å². The van der Waals surface area contributed by atoms with Crippen molar-refractivity contribution in [2.75, 3.05) is 55.9 Å². The van der Waals surface area contributed by atoms with Gasteiger partial charge in [0.25, 0.3) is 0 Å². The van der Waals surface area contributed by atoms with Gasteiger partial charge in [-0.3, -0.25) is 5.10 Å². The highest BCUT2D eigenvalue weighted by molar-refractivity contribution is 5.66. The molecule has 9 nitrogen and oxygen atoms in total. The second kappa shape index (κ2) is 8.36.